The summed E-state index contributed by atoms with van der Waals surface area (Å²) in [6, 6.07) is 0. The number of thiophene rings is 1. The number of ether oxygens (including phenoxy) is 1. The summed E-state index contributed by atoms with van der Waals surface area (Å²) in [4.78, 5) is 11.5. The first-order valence-electron chi connectivity index (χ1n) is 2.79. The van der Waals surface area contributed by atoms with Gasteiger partial charge in [0.2, 0.25) is 0 Å². The molecule has 0 aliphatic rings. The van der Waals surface area contributed by atoms with Crippen LogP contribution in [0.2, 0.25) is 5.02 Å². The van der Waals surface area contributed by atoms with E-state index >= 15 is 0 Å². The van der Waals surface area contributed by atoms with Gasteiger partial charge in [-0.3, -0.25) is 0 Å². The average molecular weight is 334 g/mol. The van der Waals surface area contributed by atoms with Crippen LogP contribution in [0, 0.1) is 0 Å². The van der Waals surface area contributed by atoms with Crippen LogP contribution in [0.5, 0.6) is 0 Å². The SMILES string of the molecule is COC(=O)c1sc(Br)c(Br)c1Cl. The van der Waals surface area contributed by atoms with E-state index in [9.17, 15) is 4.79 Å². The number of rotatable bonds is 1. The molecule has 0 aromatic carbocycles. The minimum atomic E-state index is -0.420. The van der Waals surface area contributed by atoms with Crippen LogP contribution in [-0.2, 0) is 4.74 Å². The van der Waals surface area contributed by atoms with Crippen molar-refractivity contribution in [3.63, 3.8) is 0 Å². The van der Waals surface area contributed by atoms with Crippen LogP contribution in [0.1, 0.15) is 9.67 Å². The lowest BCUT2D eigenvalue weighted by Crippen LogP contribution is -1.97. The van der Waals surface area contributed by atoms with E-state index in [4.69, 9.17) is 11.6 Å². The van der Waals surface area contributed by atoms with E-state index in [1.807, 2.05) is 0 Å². The van der Waals surface area contributed by atoms with Gasteiger partial charge in [-0.05, 0) is 31.9 Å². The largest absolute Gasteiger partial charge is 0.465 e. The second kappa shape index (κ2) is 4.09. The zero-order chi connectivity index (χ0) is 9.30. The van der Waals surface area contributed by atoms with Gasteiger partial charge in [0.1, 0.15) is 4.88 Å². The fourth-order valence-electron chi connectivity index (χ4n) is 0.589. The highest BCUT2D eigenvalue weighted by Gasteiger charge is 2.19. The normalized spacial score (nSPS) is 10.0. The van der Waals surface area contributed by atoms with Gasteiger partial charge in [0, 0.05) is 0 Å². The summed E-state index contributed by atoms with van der Waals surface area (Å²) in [5.41, 5.74) is 0. The molecule has 66 valence electrons. The van der Waals surface area contributed by atoms with Crippen molar-refractivity contribution in [1.29, 1.82) is 0 Å². The molecule has 1 heterocycles. The molecule has 12 heavy (non-hydrogen) atoms. The van der Waals surface area contributed by atoms with Crippen molar-refractivity contribution in [1.82, 2.24) is 0 Å². The van der Waals surface area contributed by atoms with Gasteiger partial charge in [-0.2, -0.15) is 0 Å². The van der Waals surface area contributed by atoms with Gasteiger partial charge in [-0.15, -0.1) is 11.3 Å². The van der Waals surface area contributed by atoms with E-state index in [1.54, 1.807) is 0 Å². The van der Waals surface area contributed by atoms with Crippen LogP contribution in [0.4, 0.5) is 0 Å². The van der Waals surface area contributed by atoms with Gasteiger partial charge in [0.05, 0.1) is 20.4 Å². The molecule has 6 heteroatoms. The molecular formula is C6H3Br2ClO2S. The van der Waals surface area contributed by atoms with Crippen molar-refractivity contribution in [3.8, 4) is 0 Å². The van der Waals surface area contributed by atoms with Crippen LogP contribution in [0.15, 0.2) is 8.26 Å². The fourth-order valence-corrected chi connectivity index (χ4v) is 3.03. The lowest BCUT2D eigenvalue weighted by molar-refractivity contribution is 0.0606. The average Bonchev–Trinajstić information content (AvgIpc) is 2.32. The van der Waals surface area contributed by atoms with Crippen LogP contribution in [-0.4, -0.2) is 13.1 Å². The molecule has 0 radical (unpaired) electrons. The third-order valence-corrected chi connectivity index (χ3v) is 5.27. The van der Waals surface area contributed by atoms with E-state index < -0.39 is 5.97 Å². The molecule has 0 bridgehead atoms. The van der Waals surface area contributed by atoms with Crippen molar-refractivity contribution in [3.05, 3.63) is 18.2 Å². The number of methoxy groups -OCH3 is 1. The monoisotopic (exact) mass is 332 g/mol. The standard InChI is InChI=1S/C6H3Br2ClO2S/c1-11-6(10)4-3(9)2(7)5(8)12-4/h1H3. The minimum absolute atomic E-state index is 0.388. The molecule has 1 rings (SSSR count). The van der Waals surface area contributed by atoms with Gasteiger partial charge >= 0.3 is 5.97 Å². The number of halogens is 3. The van der Waals surface area contributed by atoms with E-state index in [-0.39, 0.29) is 0 Å². The van der Waals surface area contributed by atoms with Gasteiger partial charge in [0.15, 0.2) is 0 Å². The molecule has 0 unspecified atom stereocenters. The molecular weight excluding hydrogens is 331 g/mol. The maximum Gasteiger partial charge on any atom is 0.349 e. The first-order valence-corrected chi connectivity index (χ1v) is 5.57. The Kier molecular flexibility index (Phi) is 3.58. The first kappa shape index (κ1) is 10.5. The highest BCUT2D eigenvalue weighted by molar-refractivity contribution is 9.13. The fraction of sp³-hybridized carbons (Fsp3) is 0.167. The summed E-state index contributed by atoms with van der Waals surface area (Å²) in [5, 5.41) is 0.388. The third-order valence-electron chi connectivity index (χ3n) is 1.13. The van der Waals surface area contributed by atoms with E-state index in [2.05, 4.69) is 36.6 Å². The lowest BCUT2D eigenvalue weighted by atomic mass is 10.5. The molecule has 0 fully saturated rings. The Labute approximate surface area is 95.1 Å². The summed E-state index contributed by atoms with van der Waals surface area (Å²) >= 11 is 13.5. The van der Waals surface area contributed by atoms with Gasteiger partial charge in [-0.1, -0.05) is 11.6 Å². The summed E-state index contributed by atoms with van der Waals surface area (Å²) in [7, 11) is 1.32. The molecule has 0 saturated heterocycles. The molecule has 1 aromatic rings. The topological polar surface area (TPSA) is 26.3 Å². The Balaban J connectivity index is 3.17. The van der Waals surface area contributed by atoms with Crippen molar-refractivity contribution in [2.75, 3.05) is 7.11 Å². The van der Waals surface area contributed by atoms with Crippen molar-refractivity contribution < 1.29 is 9.53 Å². The molecule has 0 spiro atoms. The smallest absolute Gasteiger partial charge is 0.349 e. The highest BCUT2D eigenvalue weighted by Crippen LogP contribution is 2.40. The van der Waals surface area contributed by atoms with Crippen LogP contribution in [0.25, 0.3) is 0 Å². The molecule has 0 saturated carbocycles. The Bertz CT molecular complexity index is 324. The van der Waals surface area contributed by atoms with Crippen molar-refractivity contribution in [2.24, 2.45) is 0 Å². The maximum atomic E-state index is 11.1. The second-order valence-corrected chi connectivity index (χ2v) is 5.33. The Morgan fingerprint density at radius 1 is 1.58 bits per heavy atom. The van der Waals surface area contributed by atoms with E-state index in [0.717, 1.165) is 3.79 Å². The number of esters is 1. The maximum absolute atomic E-state index is 11.1. The number of carbonyl (C=O) groups is 1. The molecule has 1 aromatic heterocycles. The summed E-state index contributed by atoms with van der Waals surface area (Å²) in [6.45, 7) is 0. The third kappa shape index (κ3) is 1.84. The van der Waals surface area contributed by atoms with Gasteiger partial charge in [-0.25, -0.2) is 4.79 Å². The zero-order valence-corrected chi connectivity index (χ0v) is 10.6. The summed E-state index contributed by atoms with van der Waals surface area (Å²) < 4.78 is 6.01. The zero-order valence-electron chi connectivity index (χ0n) is 5.86. The predicted octanol–water partition coefficient (Wildman–Crippen LogP) is 3.71. The molecule has 0 N–H and O–H groups in total. The van der Waals surface area contributed by atoms with Gasteiger partial charge in [0.25, 0.3) is 0 Å². The number of hydrogen-bond acceptors (Lipinski definition) is 3. The predicted molar refractivity (Wildman–Crippen MR) is 56.1 cm³/mol. The quantitative estimate of drug-likeness (QED) is 0.732. The van der Waals surface area contributed by atoms with Crippen molar-refractivity contribution >= 4 is 60.8 Å². The molecule has 0 aliphatic heterocycles. The summed E-state index contributed by atoms with van der Waals surface area (Å²) in [5.74, 6) is -0.420. The number of carbonyl (C=O) groups excluding carboxylic acids is 1. The van der Waals surface area contributed by atoms with Crippen LogP contribution < -0.4 is 0 Å². The van der Waals surface area contributed by atoms with Crippen LogP contribution in [0.3, 0.4) is 0 Å². The molecule has 0 amide bonds. The molecule has 0 aliphatic carbocycles. The minimum Gasteiger partial charge on any atom is -0.465 e. The van der Waals surface area contributed by atoms with E-state index in [0.29, 0.717) is 14.4 Å². The number of hydrogen-bond donors (Lipinski definition) is 0. The molecule has 0 atom stereocenters. The summed E-state index contributed by atoms with van der Waals surface area (Å²) in [6.07, 6.45) is 0. The lowest BCUT2D eigenvalue weighted by Gasteiger charge is -1.93. The Morgan fingerprint density at radius 3 is 2.50 bits per heavy atom. The molecule has 2 nitrogen and oxygen atoms in total. The second-order valence-electron chi connectivity index (χ2n) is 1.82. The van der Waals surface area contributed by atoms with E-state index in [1.165, 1.54) is 18.4 Å². The Morgan fingerprint density at radius 2 is 2.17 bits per heavy atom. The Hall–Kier alpha value is 0.420. The van der Waals surface area contributed by atoms with Crippen LogP contribution >= 0.6 is 54.8 Å². The van der Waals surface area contributed by atoms with Crippen molar-refractivity contribution in [2.45, 2.75) is 0 Å². The van der Waals surface area contributed by atoms with Gasteiger partial charge < -0.3 is 4.74 Å². The highest BCUT2D eigenvalue weighted by atomic mass is 79.9. The first-order chi connectivity index (χ1) is 5.57.